The molecule has 1 aromatic carbocycles. The van der Waals surface area contributed by atoms with Crippen LogP contribution in [0.2, 0.25) is 0 Å². The Bertz CT molecular complexity index is 317. The maximum absolute atomic E-state index is 13.0. The number of aliphatic hydroxyl groups excluding tert-OH is 1. The minimum atomic E-state index is -1.23. The van der Waals surface area contributed by atoms with Gasteiger partial charge in [0.1, 0.15) is 0 Å². The summed E-state index contributed by atoms with van der Waals surface area (Å²) in [6.07, 6.45) is -1.23. The van der Waals surface area contributed by atoms with Crippen LogP contribution in [0.25, 0.3) is 0 Å². The molecule has 1 unspecified atom stereocenters. The average molecular weight is 189 g/mol. The Balaban J connectivity index is 3.18. The number of phenolic OH excluding ortho intramolecular Hbond substituents is 1. The first-order chi connectivity index (χ1) is 6.07. The van der Waals surface area contributed by atoms with Crippen molar-refractivity contribution in [3.8, 4) is 5.75 Å². The monoisotopic (exact) mass is 189 g/mol. The fraction of sp³-hybridized carbons (Fsp3) is 0.250. The van der Waals surface area contributed by atoms with Crippen LogP contribution >= 0.6 is 0 Å². The van der Waals surface area contributed by atoms with Gasteiger partial charge in [-0.05, 0) is 6.07 Å². The molecule has 0 aliphatic rings. The number of aromatic hydroxyl groups is 1. The molecule has 3 nitrogen and oxygen atoms in total. The van der Waals surface area contributed by atoms with E-state index < -0.39 is 23.5 Å². The van der Waals surface area contributed by atoms with Crippen molar-refractivity contribution in [2.75, 3.05) is 6.54 Å². The number of hydrogen-bond acceptors (Lipinski definition) is 3. The Morgan fingerprint density at radius 2 is 2.00 bits per heavy atom. The van der Waals surface area contributed by atoms with Gasteiger partial charge in [0.2, 0.25) is 0 Å². The highest BCUT2D eigenvalue weighted by atomic mass is 19.1. The van der Waals surface area contributed by atoms with Crippen LogP contribution in [0.4, 0.5) is 8.78 Å². The summed E-state index contributed by atoms with van der Waals surface area (Å²) in [6, 6.07) is 1.91. The minimum Gasteiger partial charge on any atom is -0.503 e. The molecule has 0 saturated heterocycles. The van der Waals surface area contributed by atoms with Crippen molar-refractivity contribution in [2.45, 2.75) is 6.10 Å². The molecule has 1 atom stereocenters. The van der Waals surface area contributed by atoms with Crippen molar-refractivity contribution < 1.29 is 19.0 Å². The van der Waals surface area contributed by atoms with Crippen LogP contribution in [0.5, 0.6) is 5.75 Å². The highest BCUT2D eigenvalue weighted by Crippen LogP contribution is 2.26. The Labute approximate surface area is 73.4 Å². The average Bonchev–Trinajstić information content (AvgIpc) is 2.13. The third-order valence-corrected chi connectivity index (χ3v) is 1.68. The lowest BCUT2D eigenvalue weighted by Crippen LogP contribution is -2.13. The number of nitrogens with two attached hydrogens (primary N) is 1. The molecule has 0 amide bonds. The van der Waals surface area contributed by atoms with Gasteiger partial charge in [-0.25, -0.2) is 8.78 Å². The lowest BCUT2D eigenvalue weighted by molar-refractivity contribution is 0.180. The van der Waals surface area contributed by atoms with Gasteiger partial charge in [-0.15, -0.1) is 0 Å². The largest absolute Gasteiger partial charge is 0.503 e. The quantitative estimate of drug-likeness (QED) is 0.640. The van der Waals surface area contributed by atoms with Crippen molar-refractivity contribution >= 4 is 0 Å². The van der Waals surface area contributed by atoms with Gasteiger partial charge in [0.05, 0.1) is 6.10 Å². The first kappa shape index (κ1) is 9.88. The summed E-state index contributed by atoms with van der Waals surface area (Å²) in [5.74, 6) is -3.33. The summed E-state index contributed by atoms with van der Waals surface area (Å²) in [4.78, 5) is 0. The molecule has 4 N–H and O–H groups in total. The Morgan fingerprint density at radius 1 is 1.38 bits per heavy atom. The summed E-state index contributed by atoms with van der Waals surface area (Å²) < 4.78 is 25.5. The second-order valence-corrected chi connectivity index (χ2v) is 2.55. The van der Waals surface area contributed by atoms with Crippen molar-refractivity contribution in [3.63, 3.8) is 0 Å². The normalized spacial score (nSPS) is 12.9. The highest BCUT2D eigenvalue weighted by Gasteiger charge is 2.17. The van der Waals surface area contributed by atoms with E-state index in [1.807, 2.05) is 0 Å². The van der Waals surface area contributed by atoms with Gasteiger partial charge in [0.15, 0.2) is 17.4 Å². The Kier molecular flexibility index (Phi) is 2.79. The smallest absolute Gasteiger partial charge is 0.188 e. The van der Waals surface area contributed by atoms with Crippen molar-refractivity contribution in [3.05, 3.63) is 29.3 Å². The number of rotatable bonds is 2. The van der Waals surface area contributed by atoms with Gasteiger partial charge in [-0.2, -0.15) is 0 Å². The van der Waals surface area contributed by atoms with Crippen LogP contribution in [0.3, 0.4) is 0 Å². The standard InChI is InChI=1S/C8H9F2NO2/c9-5-2-1-4(6(12)3-11)7(10)8(5)13/h1-2,6,12-13H,3,11H2. The Morgan fingerprint density at radius 3 is 2.54 bits per heavy atom. The minimum absolute atomic E-state index is 0.192. The van der Waals surface area contributed by atoms with E-state index in [1.165, 1.54) is 0 Å². The molecule has 1 rings (SSSR count). The number of hydrogen-bond donors (Lipinski definition) is 3. The Hall–Kier alpha value is -1.20. The molecular formula is C8H9F2NO2. The summed E-state index contributed by atoms with van der Waals surface area (Å²) in [5.41, 5.74) is 4.86. The molecule has 0 aliphatic heterocycles. The lowest BCUT2D eigenvalue weighted by Gasteiger charge is -2.09. The number of halogens is 2. The van der Waals surface area contributed by atoms with Crippen LogP contribution in [-0.2, 0) is 0 Å². The van der Waals surface area contributed by atoms with Crippen LogP contribution in [0.1, 0.15) is 11.7 Å². The molecule has 0 radical (unpaired) electrons. The molecule has 72 valence electrons. The first-order valence-corrected chi connectivity index (χ1v) is 3.63. The third kappa shape index (κ3) is 1.76. The molecule has 0 fully saturated rings. The molecule has 0 aliphatic carbocycles. The maximum atomic E-state index is 13.0. The van der Waals surface area contributed by atoms with Crippen LogP contribution in [0.15, 0.2) is 12.1 Å². The molecule has 0 saturated carbocycles. The number of benzene rings is 1. The van der Waals surface area contributed by atoms with Crippen molar-refractivity contribution in [2.24, 2.45) is 5.73 Å². The second-order valence-electron chi connectivity index (χ2n) is 2.55. The van der Waals surface area contributed by atoms with E-state index in [2.05, 4.69) is 0 Å². The van der Waals surface area contributed by atoms with E-state index in [0.717, 1.165) is 12.1 Å². The van der Waals surface area contributed by atoms with Gasteiger partial charge in [0, 0.05) is 12.1 Å². The van der Waals surface area contributed by atoms with Gasteiger partial charge in [-0.1, -0.05) is 6.07 Å². The maximum Gasteiger partial charge on any atom is 0.188 e. The lowest BCUT2D eigenvalue weighted by atomic mass is 10.1. The van der Waals surface area contributed by atoms with E-state index >= 15 is 0 Å². The van der Waals surface area contributed by atoms with Crippen LogP contribution in [-0.4, -0.2) is 16.8 Å². The van der Waals surface area contributed by atoms with Gasteiger partial charge in [0.25, 0.3) is 0 Å². The number of phenols is 1. The molecule has 13 heavy (non-hydrogen) atoms. The van der Waals surface area contributed by atoms with Crippen LogP contribution in [0, 0.1) is 11.6 Å². The number of aliphatic hydroxyl groups is 1. The molecule has 0 heterocycles. The fourth-order valence-corrected chi connectivity index (χ4v) is 0.941. The summed E-state index contributed by atoms with van der Waals surface area (Å²) in [7, 11) is 0. The topological polar surface area (TPSA) is 66.5 Å². The predicted octanol–water partition coefficient (Wildman–Crippen LogP) is 0.662. The van der Waals surface area contributed by atoms with Gasteiger partial charge < -0.3 is 15.9 Å². The van der Waals surface area contributed by atoms with E-state index in [1.54, 1.807) is 0 Å². The van der Waals surface area contributed by atoms with E-state index in [0.29, 0.717) is 0 Å². The zero-order valence-electron chi connectivity index (χ0n) is 6.67. The summed E-state index contributed by atoms with van der Waals surface area (Å²) >= 11 is 0. The van der Waals surface area contributed by atoms with Crippen LogP contribution < -0.4 is 5.73 Å². The zero-order valence-corrected chi connectivity index (χ0v) is 6.67. The van der Waals surface area contributed by atoms with Gasteiger partial charge >= 0.3 is 0 Å². The molecule has 0 bridgehead atoms. The van der Waals surface area contributed by atoms with Crippen molar-refractivity contribution in [1.29, 1.82) is 0 Å². The zero-order chi connectivity index (χ0) is 10.0. The molecule has 0 spiro atoms. The van der Waals surface area contributed by atoms with E-state index in [4.69, 9.17) is 15.9 Å². The first-order valence-electron chi connectivity index (χ1n) is 3.63. The molecule has 0 aromatic heterocycles. The molecule has 1 aromatic rings. The van der Waals surface area contributed by atoms with E-state index in [9.17, 15) is 8.78 Å². The van der Waals surface area contributed by atoms with E-state index in [-0.39, 0.29) is 12.1 Å². The molecule has 5 heteroatoms. The third-order valence-electron chi connectivity index (χ3n) is 1.68. The second kappa shape index (κ2) is 3.67. The SMILES string of the molecule is NCC(O)c1ccc(F)c(O)c1F. The fourth-order valence-electron chi connectivity index (χ4n) is 0.941. The predicted molar refractivity (Wildman–Crippen MR) is 42.0 cm³/mol. The van der Waals surface area contributed by atoms with Crippen molar-refractivity contribution in [1.82, 2.24) is 0 Å². The molecular weight excluding hydrogens is 180 g/mol. The summed E-state index contributed by atoms with van der Waals surface area (Å²) in [5, 5.41) is 18.0. The summed E-state index contributed by atoms with van der Waals surface area (Å²) in [6.45, 7) is -0.192. The van der Waals surface area contributed by atoms with Gasteiger partial charge in [-0.3, -0.25) is 0 Å². The highest BCUT2D eigenvalue weighted by molar-refractivity contribution is 5.32.